The van der Waals surface area contributed by atoms with Crippen LogP contribution in [0, 0.1) is 5.82 Å². The molecule has 106 valence electrons. The number of carbonyl (C=O) groups is 1. The van der Waals surface area contributed by atoms with E-state index in [0.717, 1.165) is 0 Å². The molecule has 4 nitrogen and oxygen atoms in total. The Morgan fingerprint density at radius 2 is 2.26 bits per heavy atom. The van der Waals surface area contributed by atoms with Crippen LogP contribution in [0.3, 0.4) is 0 Å². The van der Waals surface area contributed by atoms with Gasteiger partial charge in [0.2, 0.25) is 5.91 Å². The number of ether oxygens (including phenoxy) is 1. The van der Waals surface area contributed by atoms with Crippen LogP contribution >= 0.6 is 15.9 Å². The van der Waals surface area contributed by atoms with Crippen LogP contribution in [0.1, 0.15) is 13.3 Å². The van der Waals surface area contributed by atoms with Gasteiger partial charge in [0.15, 0.2) is 11.6 Å². The van der Waals surface area contributed by atoms with E-state index in [9.17, 15) is 9.18 Å². The Morgan fingerprint density at radius 1 is 1.53 bits per heavy atom. The Kier molecular flexibility index (Phi) is 6.80. The summed E-state index contributed by atoms with van der Waals surface area (Å²) < 4.78 is 19.3. The van der Waals surface area contributed by atoms with E-state index in [1.807, 2.05) is 14.0 Å². The van der Waals surface area contributed by atoms with Crippen LogP contribution in [0.2, 0.25) is 0 Å². The third-order valence-electron chi connectivity index (χ3n) is 2.58. The van der Waals surface area contributed by atoms with Gasteiger partial charge in [-0.2, -0.15) is 0 Å². The highest BCUT2D eigenvalue weighted by Crippen LogP contribution is 2.21. The summed E-state index contributed by atoms with van der Waals surface area (Å²) >= 11 is 3.16. The van der Waals surface area contributed by atoms with Crippen molar-refractivity contribution in [3.8, 4) is 5.75 Å². The highest BCUT2D eigenvalue weighted by atomic mass is 79.9. The fourth-order valence-electron chi connectivity index (χ4n) is 1.30. The molecule has 1 aromatic rings. The average molecular weight is 333 g/mol. The molecule has 0 aliphatic carbocycles. The van der Waals surface area contributed by atoms with Crippen LogP contribution in [0.15, 0.2) is 22.7 Å². The van der Waals surface area contributed by atoms with Gasteiger partial charge in [-0.05, 0) is 32.2 Å². The third kappa shape index (κ3) is 6.02. The fourth-order valence-corrected chi connectivity index (χ4v) is 1.64. The summed E-state index contributed by atoms with van der Waals surface area (Å²) in [6.07, 6.45) is 0.200. The summed E-state index contributed by atoms with van der Waals surface area (Å²) in [5, 5.41) is 5.78. The first-order chi connectivity index (χ1) is 9.02. The minimum absolute atomic E-state index is 0.111. The maximum Gasteiger partial charge on any atom is 0.223 e. The molecule has 1 unspecified atom stereocenters. The Bertz CT molecular complexity index is 429. The molecule has 0 fully saturated rings. The Hall–Kier alpha value is -1.14. The van der Waals surface area contributed by atoms with E-state index < -0.39 is 5.82 Å². The first kappa shape index (κ1) is 15.9. The molecule has 6 heteroatoms. The van der Waals surface area contributed by atoms with E-state index in [0.29, 0.717) is 11.0 Å². The van der Waals surface area contributed by atoms with Crippen molar-refractivity contribution in [3.05, 3.63) is 28.5 Å². The van der Waals surface area contributed by atoms with Crippen molar-refractivity contribution in [2.24, 2.45) is 0 Å². The summed E-state index contributed by atoms with van der Waals surface area (Å²) in [4.78, 5) is 11.5. The van der Waals surface area contributed by atoms with E-state index in [4.69, 9.17) is 4.74 Å². The van der Waals surface area contributed by atoms with Gasteiger partial charge in [0, 0.05) is 17.1 Å². The van der Waals surface area contributed by atoms with Crippen molar-refractivity contribution in [3.63, 3.8) is 0 Å². The van der Waals surface area contributed by atoms with Gasteiger partial charge < -0.3 is 15.4 Å². The maximum atomic E-state index is 13.4. The zero-order chi connectivity index (χ0) is 14.3. The minimum atomic E-state index is -0.446. The summed E-state index contributed by atoms with van der Waals surface area (Å²) in [5.41, 5.74) is 0. The lowest BCUT2D eigenvalue weighted by molar-refractivity contribution is -0.121. The van der Waals surface area contributed by atoms with Crippen LogP contribution in [-0.4, -0.2) is 32.1 Å². The van der Waals surface area contributed by atoms with Crippen molar-refractivity contribution in [1.29, 1.82) is 0 Å². The van der Waals surface area contributed by atoms with Crippen molar-refractivity contribution in [1.82, 2.24) is 10.6 Å². The molecular formula is C13H18BrFN2O2. The van der Waals surface area contributed by atoms with Crippen molar-refractivity contribution < 1.29 is 13.9 Å². The van der Waals surface area contributed by atoms with Crippen LogP contribution in [0.5, 0.6) is 5.75 Å². The van der Waals surface area contributed by atoms with Gasteiger partial charge in [0.25, 0.3) is 0 Å². The number of hydrogen-bond donors (Lipinski definition) is 2. The number of amides is 1. The largest absolute Gasteiger partial charge is 0.490 e. The lowest BCUT2D eigenvalue weighted by atomic mass is 10.3. The lowest BCUT2D eigenvalue weighted by Crippen LogP contribution is -2.37. The van der Waals surface area contributed by atoms with Crippen molar-refractivity contribution in [2.45, 2.75) is 19.4 Å². The molecule has 0 radical (unpaired) electrons. The Balaban J connectivity index is 2.28. The lowest BCUT2D eigenvalue weighted by Gasteiger charge is -2.12. The zero-order valence-corrected chi connectivity index (χ0v) is 12.6. The molecule has 0 spiro atoms. The summed E-state index contributed by atoms with van der Waals surface area (Å²) in [7, 11) is 1.83. The van der Waals surface area contributed by atoms with E-state index in [-0.39, 0.29) is 30.7 Å². The standard InChI is InChI=1S/C13H18BrFN2O2/c1-9(16-2)8-17-13(18)5-6-19-12-4-3-10(14)7-11(12)15/h3-4,7,9,16H,5-6,8H2,1-2H3,(H,17,18). The quantitative estimate of drug-likeness (QED) is 0.803. The number of halogens is 2. The van der Waals surface area contributed by atoms with E-state index in [2.05, 4.69) is 26.6 Å². The molecule has 1 rings (SSSR count). The monoisotopic (exact) mass is 332 g/mol. The molecule has 0 heterocycles. The van der Waals surface area contributed by atoms with Gasteiger partial charge >= 0.3 is 0 Å². The zero-order valence-electron chi connectivity index (χ0n) is 11.0. The molecule has 19 heavy (non-hydrogen) atoms. The van der Waals surface area contributed by atoms with Crippen molar-refractivity contribution >= 4 is 21.8 Å². The highest BCUT2D eigenvalue weighted by molar-refractivity contribution is 9.10. The predicted molar refractivity (Wildman–Crippen MR) is 75.7 cm³/mol. The summed E-state index contributed by atoms with van der Waals surface area (Å²) in [6, 6.07) is 4.76. The minimum Gasteiger partial charge on any atom is -0.490 e. The molecule has 0 aromatic heterocycles. The highest BCUT2D eigenvalue weighted by Gasteiger charge is 2.07. The first-order valence-corrected chi connectivity index (χ1v) is 6.84. The molecule has 1 amide bonds. The van der Waals surface area contributed by atoms with Gasteiger partial charge in [-0.15, -0.1) is 0 Å². The van der Waals surface area contributed by atoms with Gasteiger partial charge in [-0.3, -0.25) is 4.79 Å². The normalized spacial score (nSPS) is 12.0. The van der Waals surface area contributed by atoms with Gasteiger partial charge in [0.05, 0.1) is 13.0 Å². The van der Waals surface area contributed by atoms with Crippen LogP contribution in [-0.2, 0) is 4.79 Å². The molecule has 0 aliphatic rings. The van der Waals surface area contributed by atoms with E-state index in [1.165, 1.54) is 12.1 Å². The predicted octanol–water partition coefficient (Wildman–Crippen LogP) is 2.08. The Morgan fingerprint density at radius 3 is 2.89 bits per heavy atom. The molecule has 0 aliphatic heterocycles. The average Bonchev–Trinajstić information content (AvgIpc) is 2.38. The smallest absolute Gasteiger partial charge is 0.223 e. The third-order valence-corrected chi connectivity index (χ3v) is 3.07. The summed E-state index contributed by atoms with van der Waals surface area (Å²) in [6.45, 7) is 2.67. The molecule has 1 atom stereocenters. The van der Waals surface area contributed by atoms with Gasteiger partial charge in [0.1, 0.15) is 0 Å². The first-order valence-electron chi connectivity index (χ1n) is 6.04. The Labute approximate surface area is 120 Å². The number of rotatable bonds is 7. The topological polar surface area (TPSA) is 50.4 Å². The fraction of sp³-hybridized carbons (Fsp3) is 0.462. The second kappa shape index (κ2) is 8.12. The van der Waals surface area contributed by atoms with E-state index >= 15 is 0 Å². The van der Waals surface area contributed by atoms with Crippen LogP contribution < -0.4 is 15.4 Å². The molecule has 1 aromatic carbocycles. The number of carbonyl (C=O) groups excluding carboxylic acids is 1. The SMILES string of the molecule is CNC(C)CNC(=O)CCOc1ccc(Br)cc1F. The van der Waals surface area contributed by atoms with Gasteiger partial charge in [-0.25, -0.2) is 4.39 Å². The number of likely N-dealkylation sites (N-methyl/N-ethyl adjacent to an activating group) is 1. The van der Waals surface area contributed by atoms with E-state index in [1.54, 1.807) is 6.07 Å². The summed E-state index contributed by atoms with van der Waals surface area (Å²) in [5.74, 6) is -0.405. The number of nitrogens with one attached hydrogen (secondary N) is 2. The van der Waals surface area contributed by atoms with Crippen LogP contribution in [0.4, 0.5) is 4.39 Å². The second-order valence-corrected chi connectivity index (χ2v) is 5.08. The van der Waals surface area contributed by atoms with Gasteiger partial charge in [-0.1, -0.05) is 15.9 Å². The molecule has 0 saturated carbocycles. The second-order valence-electron chi connectivity index (χ2n) is 4.17. The van der Waals surface area contributed by atoms with Crippen molar-refractivity contribution in [2.75, 3.05) is 20.2 Å². The number of benzene rings is 1. The molecular weight excluding hydrogens is 315 g/mol. The molecule has 0 saturated heterocycles. The number of hydrogen-bond acceptors (Lipinski definition) is 3. The van der Waals surface area contributed by atoms with Crippen LogP contribution in [0.25, 0.3) is 0 Å². The molecule has 0 bridgehead atoms. The molecule has 2 N–H and O–H groups in total. The maximum absolute atomic E-state index is 13.4.